The lowest BCUT2D eigenvalue weighted by Gasteiger charge is -2.08. The zero-order chi connectivity index (χ0) is 12.1. The van der Waals surface area contributed by atoms with E-state index in [9.17, 15) is 9.00 Å². The molecule has 1 aromatic heterocycles. The Morgan fingerprint density at radius 1 is 1.62 bits per heavy atom. The Labute approximate surface area is 106 Å². The highest BCUT2D eigenvalue weighted by Gasteiger charge is 2.22. The third kappa shape index (κ3) is 3.66. The van der Waals surface area contributed by atoms with Crippen LogP contribution in [0, 0.1) is 0 Å². The van der Waals surface area contributed by atoms with E-state index in [1.54, 1.807) is 26.2 Å². The second kappa shape index (κ2) is 6.49. The molecular formula is C10H13ClO3S2. The van der Waals surface area contributed by atoms with Gasteiger partial charge in [-0.25, -0.2) is 0 Å². The van der Waals surface area contributed by atoms with Gasteiger partial charge < -0.3 is 4.74 Å². The quantitative estimate of drug-likeness (QED) is 0.752. The highest BCUT2D eigenvalue weighted by Crippen LogP contribution is 2.23. The molecule has 0 aliphatic rings. The summed E-state index contributed by atoms with van der Waals surface area (Å²) in [7, 11) is 0.347. The van der Waals surface area contributed by atoms with Gasteiger partial charge in [0.1, 0.15) is 0 Å². The van der Waals surface area contributed by atoms with E-state index in [1.807, 2.05) is 0 Å². The number of hydrogen-bond acceptors (Lipinski definition) is 4. The van der Waals surface area contributed by atoms with Gasteiger partial charge in [-0.3, -0.25) is 9.00 Å². The average Bonchev–Trinajstić information content (AvgIpc) is 2.70. The number of methoxy groups -OCH3 is 1. The van der Waals surface area contributed by atoms with Gasteiger partial charge in [0.15, 0.2) is 5.78 Å². The molecule has 90 valence electrons. The van der Waals surface area contributed by atoms with Crippen molar-refractivity contribution in [2.45, 2.75) is 12.2 Å². The molecule has 1 heterocycles. The first-order valence-corrected chi connectivity index (χ1v) is 7.29. The van der Waals surface area contributed by atoms with E-state index >= 15 is 0 Å². The average molecular weight is 281 g/mol. The van der Waals surface area contributed by atoms with Crippen molar-refractivity contribution in [3.05, 3.63) is 21.3 Å². The maximum Gasteiger partial charge on any atom is 0.188 e. The minimum atomic E-state index is -1.20. The van der Waals surface area contributed by atoms with Crippen LogP contribution in [0.25, 0.3) is 0 Å². The van der Waals surface area contributed by atoms with Crippen LogP contribution in [0.1, 0.15) is 16.6 Å². The van der Waals surface area contributed by atoms with Crippen LogP contribution in [0.3, 0.4) is 0 Å². The first-order valence-electron chi connectivity index (χ1n) is 4.72. The summed E-state index contributed by atoms with van der Waals surface area (Å²) >= 11 is 6.96. The first kappa shape index (κ1) is 13.8. The van der Waals surface area contributed by atoms with Gasteiger partial charge in [0.25, 0.3) is 0 Å². The van der Waals surface area contributed by atoms with Crippen LogP contribution in [0.5, 0.6) is 0 Å². The predicted octanol–water partition coefficient (Wildman–Crippen LogP) is 2.37. The highest BCUT2D eigenvalue weighted by atomic mass is 35.5. The maximum absolute atomic E-state index is 11.9. The number of rotatable bonds is 6. The fourth-order valence-electron chi connectivity index (χ4n) is 1.11. The molecule has 0 spiro atoms. The van der Waals surface area contributed by atoms with Crippen LogP contribution in [-0.2, 0) is 15.5 Å². The van der Waals surface area contributed by atoms with Crippen LogP contribution >= 0.6 is 22.9 Å². The van der Waals surface area contributed by atoms with Gasteiger partial charge in [-0.15, -0.1) is 11.3 Å². The summed E-state index contributed by atoms with van der Waals surface area (Å²) in [5, 5.41) is -0.509. The largest absolute Gasteiger partial charge is 0.384 e. The molecule has 1 rings (SSSR count). The molecule has 0 aliphatic carbocycles. The number of ketones is 1. The van der Waals surface area contributed by atoms with Gasteiger partial charge in [0.05, 0.1) is 21.1 Å². The van der Waals surface area contributed by atoms with Crippen molar-refractivity contribution in [2.24, 2.45) is 0 Å². The van der Waals surface area contributed by atoms with E-state index in [0.29, 0.717) is 21.6 Å². The Hall–Kier alpha value is -0.230. The Bertz CT molecular complexity index is 389. The van der Waals surface area contributed by atoms with Crippen LogP contribution in [-0.4, -0.2) is 34.7 Å². The summed E-state index contributed by atoms with van der Waals surface area (Å²) in [6, 6.07) is 3.34. The van der Waals surface area contributed by atoms with E-state index < -0.39 is 16.0 Å². The molecule has 2 unspecified atom stereocenters. The number of carbonyl (C=O) groups is 1. The van der Waals surface area contributed by atoms with Crippen molar-refractivity contribution in [3.8, 4) is 0 Å². The fourth-order valence-corrected chi connectivity index (χ4v) is 3.31. The lowest BCUT2D eigenvalue weighted by molar-refractivity contribution is 0.0996. The van der Waals surface area contributed by atoms with Crippen molar-refractivity contribution in [1.82, 2.24) is 0 Å². The zero-order valence-corrected chi connectivity index (χ0v) is 11.5. The molecule has 1 aromatic rings. The normalized spacial score (nSPS) is 14.7. The van der Waals surface area contributed by atoms with E-state index in [0.717, 1.165) is 0 Å². The Balaban J connectivity index is 2.63. The molecule has 0 fully saturated rings. The van der Waals surface area contributed by atoms with E-state index in [2.05, 4.69) is 0 Å². The first-order chi connectivity index (χ1) is 7.56. The standard InChI is InChI=1S/C10H13ClO3S2/c1-7(16(13)6-5-14-2)10(12)8-3-4-9(11)15-8/h3-4,7H,5-6H2,1-2H3. The van der Waals surface area contributed by atoms with Gasteiger partial charge in [0, 0.05) is 23.7 Å². The number of carbonyl (C=O) groups excluding carboxylic acids is 1. The SMILES string of the molecule is COCCS(=O)C(C)C(=O)c1ccc(Cl)s1. The number of thiophene rings is 1. The molecule has 3 nitrogen and oxygen atoms in total. The third-order valence-corrected chi connectivity index (χ3v) is 4.89. The van der Waals surface area contributed by atoms with E-state index in [1.165, 1.54) is 11.3 Å². The molecule has 0 aliphatic heterocycles. The van der Waals surface area contributed by atoms with Crippen LogP contribution in [0.15, 0.2) is 12.1 Å². The minimum Gasteiger partial charge on any atom is -0.384 e. The Morgan fingerprint density at radius 2 is 2.31 bits per heavy atom. The zero-order valence-electron chi connectivity index (χ0n) is 9.07. The van der Waals surface area contributed by atoms with Crippen molar-refractivity contribution in [1.29, 1.82) is 0 Å². The van der Waals surface area contributed by atoms with Crippen molar-refractivity contribution >= 4 is 39.5 Å². The Kier molecular flexibility index (Phi) is 5.61. The summed E-state index contributed by atoms with van der Waals surface area (Å²) in [6.07, 6.45) is 0. The van der Waals surface area contributed by atoms with Gasteiger partial charge in [0.2, 0.25) is 0 Å². The number of halogens is 1. The molecule has 0 N–H and O–H groups in total. The van der Waals surface area contributed by atoms with Gasteiger partial charge in [-0.1, -0.05) is 11.6 Å². The molecule has 0 amide bonds. The molecule has 0 saturated heterocycles. The molecule has 0 radical (unpaired) electrons. The van der Waals surface area contributed by atoms with Crippen molar-refractivity contribution in [2.75, 3.05) is 19.5 Å². The number of Topliss-reactive ketones (excluding diaryl/α,β-unsaturated/α-hetero) is 1. The minimum absolute atomic E-state index is 0.119. The summed E-state index contributed by atoms with van der Waals surface area (Å²) in [4.78, 5) is 12.4. The topological polar surface area (TPSA) is 43.4 Å². The van der Waals surface area contributed by atoms with Crippen molar-refractivity contribution in [3.63, 3.8) is 0 Å². The van der Waals surface area contributed by atoms with Crippen LogP contribution < -0.4 is 0 Å². The number of ether oxygens (including phenoxy) is 1. The van der Waals surface area contributed by atoms with Crippen LogP contribution in [0.4, 0.5) is 0 Å². The summed E-state index contributed by atoms with van der Waals surface area (Å²) in [5.41, 5.74) is 0. The second-order valence-corrected chi connectivity index (χ2v) is 6.78. The maximum atomic E-state index is 11.9. The number of hydrogen-bond donors (Lipinski definition) is 0. The molecule has 0 saturated carbocycles. The van der Waals surface area contributed by atoms with Gasteiger partial charge in [-0.2, -0.15) is 0 Å². The fraction of sp³-hybridized carbons (Fsp3) is 0.500. The molecule has 16 heavy (non-hydrogen) atoms. The van der Waals surface area contributed by atoms with Crippen LogP contribution in [0.2, 0.25) is 4.34 Å². The predicted molar refractivity (Wildman–Crippen MR) is 68.0 cm³/mol. The lowest BCUT2D eigenvalue weighted by atomic mass is 10.2. The van der Waals surface area contributed by atoms with E-state index in [4.69, 9.17) is 16.3 Å². The van der Waals surface area contributed by atoms with Gasteiger partial charge in [-0.05, 0) is 19.1 Å². The van der Waals surface area contributed by atoms with E-state index in [-0.39, 0.29) is 5.78 Å². The molecule has 6 heteroatoms. The summed E-state index contributed by atoms with van der Waals surface area (Å²) in [6.45, 7) is 2.07. The summed E-state index contributed by atoms with van der Waals surface area (Å²) in [5.74, 6) is 0.258. The molecule has 0 aromatic carbocycles. The van der Waals surface area contributed by atoms with Crippen molar-refractivity contribution < 1.29 is 13.7 Å². The summed E-state index contributed by atoms with van der Waals surface area (Å²) < 4.78 is 17.1. The molecule has 0 bridgehead atoms. The second-order valence-electron chi connectivity index (χ2n) is 3.19. The lowest BCUT2D eigenvalue weighted by Crippen LogP contribution is -2.25. The smallest absolute Gasteiger partial charge is 0.188 e. The molecular weight excluding hydrogens is 268 g/mol. The monoisotopic (exact) mass is 280 g/mol. The van der Waals surface area contributed by atoms with Gasteiger partial charge >= 0.3 is 0 Å². The highest BCUT2D eigenvalue weighted by molar-refractivity contribution is 7.86. The Morgan fingerprint density at radius 3 is 2.81 bits per heavy atom. The third-order valence-electron chi connectivity index (χ3n) is 2.07. The molecule has 2 atom stereocenters.